The molecule has 1 aliphatic carbocycles. The van der Waals surface area contributed by atoms with E-state index in [1.54, 1.807) is 18.3 Å². The molecule has 0 saturated heterocycles. The van der Waals surface area contributed by atoms with E-state index < -0.39 is 21.8 Å². The Morgan fingerprint density at radius 2 is 1.93 bits per heavy atom. The lowest BCUT2D eigenvalue weighted by molar-refractivity contribution is -0.137. The Morgan fingerprint density at radius 1 is 1.26 bits per heavy atom. The van der Waals surface area contributed by atoms with E-state index in [9.17, 15) is 21.6 Å². The van der Waals surface area contributed by atoms with Gasteiger partial charge in [0.2, 0.25) is 10.0 Å². The van der Waals surface area contributed by atoms with Gasteiger partial charge in [0, 0.05) is 29.4 Å². The van der Waals surface area contributed by atoms with Gasteiger partial charge >= 0.3 is 6.18 Å². The van der Waals surface area contributed by atoms with Crippen molar-refractivity contribution in [2.75, 3.05) is 10.5 Å². The fourth-order valence-electron chi connectivity index (χ4n) is 2.64. The van der Waals surface area contributed by atoms with Crippen molar-refractivity contribution in [3.63, 3.8) is 0 Å². The first-order valence-electron chi connectivity index (χ1n) is 8.04. The Kier molecular flexibility index (Phi) is 6.08. The van der Waals surface area contributed by atoms with Crippen LogP contribution in [0.1, 0.15) is 30.4 Å². The van der Waals surface area contributed by atoms with Crippen molar-refractivity contribution in [2.24, 2.45) is 5.73 Å². The number of hydrogen-bond donors (Lipinski definition) is 2. The average molecular weight is 422 g/mol. The lowest BCUT2D eigenvalue weighted by atomic mass is 10.0. The molecule has 1 fully saturated rings. The molecule has 3 N–H and O–H groups in total. The summed E-state index contributed by atoms with van der Waals surface area (Å²) in [6.45, 7) is 1.40. The molecule has 1 aliphatic rings. The highest BCUT2D eigenvalue weighted by Gasteiger charge is 2.35. The lowest BCUT2D eigenvalue weighted by Crippen LogP contribution is -2.15. The molecule has 0 spiro atoms. The summed E-state index contributed by atoms with van der Waals surface area (Å²) < 4.78 is 65.2. The largest absolute Gasteiger partial charge is 0.416 e. The summed E-state index contributed by atoms with van der Waals surface area (Å²) >= 11 is 0. The number of aromatic nitrogens is 1. The predicted molar refractivity (Wildman–Crippen MR) is 100 cm³/mol. The molecule has 5 nitrogen and oxygen atoms in total. The number of halogens is 4. The summed E-state index contributed by atoms with van der Waals surface area (Å²) in [5, 5.41) is 0. The second-order valence-electron chi connectivity index (χ2n) is 6.29. The van der Waals surface area contributed by atoms with Crippen LogP contribution in [-0.4, -0.2) is 25.2 Å². The quantitative estimate of drug-likeness (QED) is 0.769. The van der Waals surface area contributed by atoms with Crippen LogP contribution >= 0.6 is 12.4 Å². The van der Waals surface area contributed by atoms with Crippen LogP contribution in [0.2, 0.25) is 0 Å². The van der Waals surface area contributed by atoms with Crippen LogP contribution in [0.5, 0.6) is 0 Å². The fourth-order valence-corrected chi connectivity index (χ4v) is 3.26. The number of benzene rings is 1. The molecule has 148 valence electrons. The minimum absolute atomic E-state index is 0. The van der Waals surface area contributed by atoms with E-state index in [-0.39, 0.29) is 41.4 Å². The molecular formula is C17H19ClF3N3O2S. The Hall–Kier alpha value is -1.84. The zero-order chi connectivity index (χ0) is 19.1. The number of nitrogens with zero attached hydrogens (tertiary/aromatic N) is 1. The number of nitrogens with two attached hydrogens (primary N) is 1. The van der Waals surface area contributed by atoms with Crippen LogP contribution in [0, 0.1) is 0 Å². The third-order valence-electron chi connectivity index (χ3n) is 4.26. The van der Waals surface area contributed by atoms with Gasteiger partial charge in [-0.1, -0.05) is 6.07 Å². The van der Waals surface area contributed by atoms with Gasteiger partial charge < -0.3 is 5.73 Å². The zero-order valence-corrected chi connectivity index (χ0v) is 16.0. The summed E-state index contributed by atoms with van der Waals surface area (Å²) in [6, 6.07) is 6.58. The van der Waals surface area contributed by atoms with Crippen LogP contribution in [0.3, 0.4) is 0 Å². The van der Waals surface area contributed by atoms with Crippen molar-refractivity contribution in [3.8, 4) is 11.3 Å². The number of sulfonamides is 1. The summed E-state index contributed by atoms with van der Waals surface area (Å²) in [6.07, 6.45) is -2.14. The van der Waals surface area contributed by atoms with Crippen LogP contribution < -0.4 is 10.5 Å². The van der Waals surface area contributed by atoms with Gasteiger partial charge in [-0.25, -0.2) is 8.42 Å². The molecule has 0 radical (unpaired) electrons. The second-order valence-corrected chi connectivity index (χ2v) is 8.30. The second kappa shape index (κ2) is 7.65. The minimum atomic E-state index is -4.61. The van der Waals surface area contributed by atoms with Crippen molar-refractivity contribution < 1.29 is 21.6 Å². The molecule has 0 bridgehead atoms. The molecule has 1 saturated carbocycles. The molecule has 3 rings (SSSR count). The number of nitrogens with one attached hydrogen (secondary N) is 1. The van der Waals surface area contributed by atoms with E-state index in [1.165, 1.54) is 13.0 Å². The number of hydrogen-bond acceptors (Lipinski definition) is 4. The highest BCUT2D eigenvalue weighted by atomic mass is 35.5. The highest BCUT2D eigenvalue weighted by molar-refractivity contribution is 7.92. The monoisotopic (exact) mass is 421 g/mol. The van der Waals surface area contributed by atoms with E-state index in [2.05, 4.69) is 9.71 Å². The summed E-state index contributed by atoms with van der Waals surface area (Å²) in [5.74, 6) is -0.00216. The maximum atomic E-state index is 13.2. The topological polar surface area (TPSA) is 85.1 Å². The molecule has 0 aliphatic heterocycles. The molecule has 2 atom stereocenters. The Morgan fingerprint density at radius 3 is 2.41 bits per heavy atom. The van der Waals surface area contributed by atoms with Gasteiger partial charge in [-0.3, -0.25) is 9.71 Å². The first-order valence-corrected chi connectivity index (χ1v) is 9.69. The van der Waals surface area contributed by atoms with Gasteiger partial charge in [0.1, 0.15) is 0 Å². The summed E-state index contributed by atoms with van der Waals surface area (Å²) in [7, 11) is -3.70. The van der Waals surface area contributed by atoms with Gasteiger partial charge in [0.05, 0.1) is 17.0 Å². The first-order chi connectivity index (χ1) is 12.1. The summed E-state index contributed by atoms with van der Waals surface area (Å²) in [4.78, 5) is 4.23. The molecule has 1 aromatic heterocycles. The normalized spacial score (nSPS) is 19.3. The van der Waals surface area contributed by atoms with Gasteiger partial charge in [-0.15, -0.1) is 12.4 Å². The van der Waals surface area contributed by atoms with Gasteiger partial charge in [0.15, 0.2) is 0 Å². The lowest BCUT2D eigenvalue weighted by Gasteiger charge is -2.13. The smallest absolute Gasteiger partial charge is 0.327 e. The van der Waals surface area contributed by atoms with Crippen LogP contribution in [-0.2, 0) is 16.2 Å². The van der Waals surface area contributed by atoms with Gasteiger partial charge in [-0.2, -0.15) is 13.2 Å². The number of rotatable bonds is 5. The fraction of sp³-hybridized carbons (Fsp3) is 0.353. The molecule has 1 heterocycles. The Bertz CT molecular complexity index is 918. The molecule has 10 heteroatoms. The van der Waals surface area contributed by atoms with E-state index >= 15 is 0 Å². The van der Waals surface area contributed by atoms with Crippen molar-refractivity contribution in [1.29, 1.82) is 0 Å². The number of alkyl halides is 3. The standard InChI is InChI=1S/C17H18F3N3O2S.ClH/c1-2-26(24,25)23-13-6-11(5-12(7-13)17(18,19)20)16-4-3-10(9-22-16)14-8-15(14)21;/h3-7,9,14-15,23H,2,8,21H2,1H3;1H. The SMILES string of the molecule is CCS(=O)(=O)Nc1cc(-c2ccc(C3CC3N)cn2)cc(C(F)(F)F)c1.Cl. The average Bonchev–Trinajstić information content (AvgIpc) is 3.30. The van der Waals surface area contributed by atoms with E-state index in [1.807, 2.05) is 0 Å². The van der Waals surface area contributed by atoms with E-state index in [4.69, 9.17) is 5.73 Å². The maximum Gasteiger partial charge on any atom is 0.416 e. The van der Waals surface area contributed by atoms with Crippen molar-refractivity contribution >= 4 is 28.1 Å². The molecular weight excluding hydrogens is 403 g/mol. The van der Waals surface area contributed by atoms with Gasteiger partial charge in [0.25, 0.3) is 0 Å². The molecule has 27 heavy (non-hydrogen) atoms. The molecule has 2 aromatic rings. The number of pyridine rings is 1. The van der Waals surface area contributed by atoms with Crippen LogP contribution in [0.4, 0.5) is 18.9 Å². The Balaban J connectivity index is 0.00000261. The summed E-state index contributed by atoms with van der Waals surface area (Å²) in [5.41, 5.74) is 6.15. The van der Waals surface area contributed by atoms with Crippen LogP contribution in [0.15, 0.2) is 36.5 Å². The predicted octanol–water partition coefficient (Wildman–Crippen LogP) is 3.77. The highest BCUT2D eigenvalue weighted by Crippen LogP contribution is 2.39. The first kappa shape index (κ1) is 21.5. The third kappa shape index (κ3) is 5.12. The minimum Gasteiger partial charge on any atom is -0.327 e. The van der Waals surface area contributed by atoms with Crippen molar-refractivity contribution in [1.82, 2.24) is 4.98 Å². The number of anilines is 1. The van der Waals surface area contributed by atoms with Crippen molar-refractivity contribution in [2.45, 2.75) is 31.5 Å². The third-order valence-corrected chi connectivity index (χ3v) is 5.57. The Labute approximate surface area is 161 Å². The molecule has 1 aromatic carbocycles. The van der Waals surface area contributed by atoms with Gasteiger partial charge in [-0.05, 0) is 43.2 Å². The van der Waals surface area contributed by atoms with E-state index in [0.717, 1.165) is 24.1 Å². The molecule has 2 unspecified atom stereocenters. The van der Waals surface area contributed by atoms with Crippen LogP contribution in [0.25, 0.3) is 11.3 Å². The van der Waals surface area contributed by atoms with E-state index in [0.29, 0.717) is 5.69 Å². The zero-order valence-electron chi connectivity index (χ0n) is 14.3. The maximum absolute atomic E-state index is 13.2. The van der Waals surface area contributed by atoms with Crippen molar-refractivity contribution in [3.05, 3.63) is 47.7 Å². The molecule has 0 amide bonds.